The Morgan fingerprint density at radius 1 is 1.08 bits per heavy atom. The van der Waals surface area contributed by atoms with Gasteiger partial charge in [-0.05, 0) is 12.1 Å². The zero-order valence-electron chi connectivity index (χ0n) is 5.77. The predicted molar refractivity (Wildman–Crippen MR) is 36.2 cm³/mol. The number of aromatic carboxylic acids is 2. The fourth-order valence-corrected chi connectivity index (χ4v) is 0.568. The van der Waals surface area contributed by atoms with Crippen LogP contribution in [0.4, 0.5) is 0 Å². The minimum atomic E-state index is -1.28. The summed E-state index contributed by atoms with van der Waals surface area (Å²) in [4.78, 5) is 20.3. The van der Waals surface area contributed by atoms with Crippen LogP contribution in [0, 0.1) is 0 Å². The van der Waals surface area contributed by atoms with Gasteiger partial charge in [-0.1, -0.05) is 0 Å². The molecule has 0 aromatic carbocycles. The summed E-state index contributed by atoms with van der Waals surface area (Å²) in [6, 6.07) is 2.18. The Morgan fingerprint density at radius 2 is 1.42 bits per heavy atom. The van der Waals surface area contributed by atoms with Crippen molar-refractivity contribution in [2.24, 2.45) is 0 Å². The summed E-state index contributed by atoms with van der Waals surface area (Å²) in [5.41, 5.74) is 0. The minimum Gasteiger partial charge on any atom is -0.475 e. The number of carbonyl (C=O) groups is 2. The summed E-state index contributed by atoms with van der Waals surface area (Å²) < 4.78 is 4.41. The Morgan fingerprint density at radius 3 is 1.58 bits per heavy atom. The van der Waals surface area contributed by atoms with E-state index < -0.39 is 11.9 Å². The van der Waals surface area contributed by atoms with Crippen LogP contribution < -0.4 is 0 Å². The lowest BCUT2D eigenvalue weighted by atomic mass is 10.4. The quantitative estimate of drug-likeness (QED) is 0.646. The second kappa shape index (κ2) is 3.54. The molecule has 6 heteroatoms. The smallest absolute Gasteiger partial charge is 0.371 e. The van der Waals surface area contributed by atoms with E-state index >= 15 is 0 Å². The van der Waals surface area contributed by atoms with Crippen molar-refractivity contribution in [3.05, 3.63) is 23.7 Å². The molecule has 0 aliphatic heterocycles. The molecule has 4 N–H and O–H groups in total. The van der Waals surface area contributed by atoms with Crippen LogP contribution in [-0.2, 0) is 0 Å². The first-order chi connectivity index (χ1) is 5.11. The number of carboxylic acids is 2. The van der Waals surface area contributed by atoms with Gasteiger partial charge in [0.15, 0.2) is 0 Å². The first-order valence-electron chi connectivity index (χ1n) is 2.67. The van der Waals surface area contributed by atoms with E-state index in [1.54, 1.807) is 0 Å². The van der Waals surface area contributed by atoms with Gasteiger partial charge in [0.05, 0.1) is 0 Å². The second-order valence-corrected chi connectivity index (χ2v) is 1.77. The Bertz CT molecular complexity index is 270. The monoisotopic (exact) mass is 174 g/mol. The van der Waals surface area contributed by atoms with E-state index in [-0.39, 0.29) is 17.0 Å². The van der Waals surface area contributed by atoms with Gasteiger partial charge in [-0.3, -0.25) is 0 Å². The standard InChI is InChI=1S/C6H4O5.H2O/c7-5(8)3-1-2-4(11-3)6(9)10;/h1-2H,(H,7,8)(H,9,10);1H2. The molecule has 0 bridgehead atoms. The van der Waals surface area contributed by atoms with Crippen LogP contribution in [0.25, 0.3) is 0 Å². The van der Waals surface area contributed by atoms with Gasteiger partial charge in [0, 0.05) is 0 Å². The lowest BCUT2D eigenvalue weighted by Gasteiger charge is -1.84. The molecule has 1 heterocycles. The molecule has 0 spiro atoms. The third-order valence-electron chi connectivity index (χ3n) is 1.03. The number of rotatable bonds is 2. The van der Waals surface area contributed by atoms with E-state index in [9.17, 15) is 9.59 Å². The minimum absolute atomic E-state index is 0. The molecule has 0 atom stereocenters. The van der Waals surface area contributed by atoms with Crippen LogP contribution in [0.3, 0.4) is 0 Å². The van der Waals surface area contributed by atoms with Crippen molar-refractivity contribution in [2.75, 3.05) is 0 Å². The van der Waals surface area contributed by atoms with E-state index in [1.807, 2.05) is 0 Å². The van der Waals surface area contributed by atoms with Gasteiger partial charge in [-0.15, -0.1) is 0 Å². The van der Waals surface area contributed by atoms with E-state index in [2.05, 4.69) is 4.42 Å². The molecule has 0 aliphatic carbocycles. The van der Waals surface area contributed by atoms with Crippen molar-refractivity contribution in [3.63, 3.8) is 0 Å². The summed E-state index contributed by atoms with van der Waals surface area (Å²) in [5.74, 6) is -3.31. The average molecular weight is 174 g/mol. The van der Waals surface area contributed by atoms with Crippen LogP contribution in [0.5, 0.6) is 0 Å². The van der Waals surface area contributed by atoms with Crippen molar-refractivity contribution in [1.29, 1.82) is 0 Å². The van der Waals surface area contributed by atoms with E-state index in [1.165, 1.54) is 0 Å². The van der Waals surface area contributed by atoms with Crippen LogP contribution in [-0.4, -0.2) is 27.6 Å². The van der Waals surface area contributed by atoms with Crippen LogP contribution in [0.15, 0.2) is 16.5 Å². The zero-order chi connectivity index (χ0) is 8.43. The molecule has 0 unspecified atom stereocenters. The van der Waals surface area contributed by atoms with Gasteiger partial charge in [-0.25, -0.2) is 9.59 Å². The van der Waals surface area contributed by atoms with E-state index in [0.29, 0.717) is 0 Å². The molecular weight excluding hydrogens is 168 g/mol. The number of hydrogen-bond donors (Lipinski definition) is 2. The summed E-state index contributed by atoms with van der Waals surface area (Å²) in [6.45, 7) is 0. The highest BCUT2D eigenvalue weighted by Crippen LogP contribution is 2.06. The topological polar surface area (TPSA) is 119 Å². The lowest BCUT2D eigenvalue weighted by Crippen LogP contribution is -1.94. The molecule has 1 aromatic rings. The van der Waals surface area contributed by atoms with Crippen molar-refractivity contribution in [1.82, 2.24) is 0 Å². The maximum absolute atomic E-state index is 10.2. The molecule has 1 rings (SSSR count). The number of carboxylic acid groups (broad SMARTS) is 2. The predicted octanol–water partition coefficient (Wildman–Crippen LogP) is -0.149. The molecule has 0 amide bonds. The average Bonchev–Trinajstić information content (AvgIpc) is 2.33. The lowest BCUT2D eigenvalue weighted by molar-refractivity contribution is 0.0631. The highest BCUT2D eigenvalue weighted by atomic mass is 16.4. The molecule has 12 heavy (non-hydrogen) atoms. The van der Waals surface area contributed by atoms with Gasteiger partial charge < -0.3 is 20.1 Å². The highest BCUT2D eigenvalue weighted by Gasteiger charge is 2.12. The van der Waals surface area contributed by atoms with E-state index in [4.69, 9.17) is 10.2 Å². The summed E-state index contributed by atoms with van der Waals surface area (Å²) in [6.07, 6.45) is 0. The van der Waals surface area contributed by atoms with Crippen molar-refractivity contribution in [2.45, 2.75) is 0 Å². The highest BCUT2D eigenvalue weighted by molar-refractivity contribution is 5.88. The summed E-state index contributed by atoms with van der Waals surface area (Å²) >= 11 is 0. The molecule has 66 valence electrons. The van der Waals surface area contributed by atoms with Crippen LogP contribution >= 0.6 is 0 Å². The summed E-state index contributed by atoms with van der Waals surface area (Å²) in [5, 5.41) is 16.6. The fourth-order valence-electron chi connectivity index (χ4n) is 0.568. The van der Waals surface area contributed by atoms with Gasteiger partial charge in [0.2, 0.25) is 11.5 Å². The summed E-state index contributed by atoms with van der Waals surface area (Å²) in [7, 11) is 0. The first-order valence-corrected chi connectivity index (χ1v) is 2.67. The molecule has 0 radical (unpaired) electrons. The van der Waals surface area contributed by atoms with Crippen LogP contribution in [0.1, 0.15) is 21.1 Å². The van der Waals surface area contributed by atoms with Gasteiger partial charge in [0.1, 0.15) is 0 Å². The third-order valence-corrected chi connectivity index (χ3v) is 1.03. The maximum atomic E-state index is 10.2. The Kier molecular flexibility index (Phi) is 3.00. The van der Waals surface area contributed by atoms with Gasteiger partial charge in [-0.2, -0.15) is 0 Å². The Hall–Kier alpha value is -1.82. The van der Waals surface area contributed by atoms with Crippen molar-refractivity contribution >= 4 is 11.9 Å². The second-order valence-electron chi connectivity index (χ2n) is 1.77. The van der Waals surface area contributed by atoms with E-state index in [0.717, 1.165) is 12.1 Å². The normalized spacial score (nSPS) is 8.67. The fraction of sp³-hybridized carbons (Fsp3) is 0. The van der Waals surface area contributed by atoms with Crippen molar-refractivity contribution in [3.8, 4) is 0 Å². The molecule has 0 fully saturated rings. The van der Waals surface area contributed by atoms with Gasteiger partial charge >= 0.3 is 11.9 Å². The van der Waals surface area contributed by atoms with Crippen LogP contribution in [0.2, 0.25) is 0 Å². The Labute approximate surface area is 66.3 Å². The molecular formula is C6H6O6. The largest absolute Gasteiger partial charge is 0.475 e. The molecule has 0 saturated heterocycles. The van der Waals surface area contributed by atoms with Crippen molar-refractivity contribution < 1.29 is 29.7 Å². The number of hydrogen-bond acceptors (Lipinski definition) is 3. The molecule has 0 aliphatic rings. The SMILES string of the molecule is O.O=C(O)c1ccc(C(=O)O)o1. The maximum Gasteiger partial charge on any atom is 0.371 e. The molecule has 6 nitrogen and oxygen atoms in total. The van der Waals surface area contributed by atoms with Gasteiger partial charge in [0.25, 0.3) is 0 Å². The number of furan rings is 1. The Balaban J connectivity index is 0.00000121. The third kappa shape index (κ3) is 1.83. The first kappa shape index (κ1) is 10.2. The zero-order valence-corrected chi connectivity index (χ0v) is 5.77. The molecule has 1 aromatic heterocycles. The molecule has 0 saturated carbocycles.